The van der Waals surface area contributed by atoms with Crippen LogP contribution in [0.1, 0.15) is 22.6 Å². The van der Waals surface area contributed by atoms with E-state index in [9.17, 15) is 4.79 Å². The van der Waals surface area contributed by atoms with Gasteiger partial charge in [0, 0.05) is 37.7 Å². The standard InChI is InChI=1S/C18H20N6O/c1-13-5-2-3-6-15(13)23-10-7-14(12-23)11-20-17(25)16-21-18-19-8-4-9-24(18)22-16/h2-6,8-9,14H,7,10-12H2,1H3,(H,20,25)/t14-/m1/s1. The molecule has 0 unspecified atom stereocenters. The smallest absolute Gasteiger partial charge is 0.291 e. The van der Waals surface area contributed by atoms with Gasteiger partial charge in [-0.3, -0.25) is 4.79 Å². The molecule has 7 heteroatoms. The molecule has 0 aliphatic carbocycles. The molecule has 7 nitrogen and oxygen atoms in total. The second-order valence-electron chi connectivity index (χ2n) is 6.40. The Bertz CT molecular complexity index is 872. The van der Waals surface area contributed by atoms with Crippen LogP contribution in [0.3, 0.4) is 0 Å². The fraction of sp³-hybridized carbons (Fsp3) is 0.333. The zero-order valence-electron chi connectivity index (χ0n) is 14.1. The maximum atomic E-state index is 12.3. The Kier molecular flexibility index (Phi) is 4.05. The van der Waals surface area contributed by atoms with Crippen molar-refractivity contribution in [3.05, 3.63) is 54.1 Å². The number of fused-ring (bicyclic) bond motifs is 1. The van der Waals surface area contributed by atoms with Gasteiger partial charge in [-0.1, -0.05) is 18.2 Å². The maximum Gasteiger partial charge on any atom is 0.291 e. The number of carbonyl (C=O) groups excluding carboxylic acids is 1. The quantitative estimate of drug-likeness (QED) is 0.785. The van der Waals surface area contributed by atoms with Crippen LogP contribution < -0.4 is 10.2 Å². The van der Waals surface area contributed by atoms with Crippen molar-refractivity contribution in [2.75, 3.05) is 24.5 Å². The van der Waals surface area contributed by atoms with E-state index in [0.717, 1.165) is 19.5 Å². The highest BCUT2D eigenvalue weighted by Gasteiger charge is 2.24. The van der Waals surface area contributed by atoms with Crippen molar-refractivity contribution in [1.82, 2.24) is 24.9 Å². The van der Waals surface area contributed by atoms with Gasteiger partial charge in [-0.25, -0.2) is 9.50 Å². The van der Waals surface area contributed by atoms with Gasteiger partial charge in [-0.2, -0.15) is 4.98 Å². The number of hydrogen-bond donors (Lipinski definition) is 1. The van der Waals surface area contributed by atoms with Crippen LogP contribution >= 0.6 is 0 Å². The number of benzene rings is 1. The zero-order valence-corrected chi connectivity index (χ0v) is 14.1. The van der Waals surface area contributed by atoms with Gasteiger partial charge in [0.2, 0.25) is 5.82 Å². The molecule has 3 heterocycles. The fourth-order valence-electron chi connectivity index (χ4n) is 3.28. The van der Waals surface area contributed by atoms with Crippen molar-refractivity contribution in [2.45, 2.75) is 13.3 Å². The molecule has 0 saturated carbocycles. The summed E-state index contributed by atoms with van der Waals surface area (Å²) in [4.78, 5) is 22.9. The SMILES string of the molecule is Cc1ccccc1N1CC[C@H](CNC(=O)c2nc3ncccn3n2)C1. The Balaban J connectivity index is 1.36. The first-order valence-corrected chi connectivity index (χ1v) is 8.47. The number of anilines is 1. The molecular formula is C18H20N6O. The van der Waals surface area contributed by atoms with E-state index < -0.39 is 0 Å². The third-order valence-electron chi connectivity index (χ3n) is 4.61. The van der Waals surface area contributed by atoms with E-state index in [-0.39, 0.29) is 11.7 Å². The largest absolute Gasteiger partial charge is 0.371 e. The van der Waals surface area contributed by atoms with Crippen molar-refractivity contribution in [2.24, 2.45) is 5.92 Å². The summed E-state index contributed by atoms with van der Waals surface area (Å²) in [6, 6.07) is 10.2. The average molecular weight is 336 g/mol. The van der Waals surface area contributed by atoms with Crippen LogP contribution in [-0.4, -0.2) is 45.1 Å². The average Bonchev–Trinajstić information content (AvgIpc) is 3.27. The minimum Gasteiger partial charge on any atom is -0.371 e. The fourth-order valence-corrected chi connectivity index (χ4v) is 3.28. The van der Waals surface area contributed by atoms with Crippen LogP contribution in [0, 0.1) is 12.8 Å². The Hall–Kier alpha value is -2.96. The molecule has 3 aromatic rings. The lowest BCUT2D eigenvalue weighted by Crippen LogP contribution is -2.31. The van der Waals surface area contributed by atoms with Gasteiger partial charge >= 0.3 is 0 Å². The summed E-state index contributed by atoms with van der Waals surface area (Å²) in [6.45, 7) is 4.73. The van der Waals surface area contributed by atoms with E-state index in [1.54, 1.807) is 18.5 Å². The van der Waals surface area contributed by atoms with E-state index in [1.165, 1.54) is 15.8 Å². The van der Waals surface area contributed by atoms with Crippen LogP contribution in [0.2, 0.25) is 0 Å². The van der Waals surface area contributed by atoms with Crippen LogP contribution in [-0.2, 0) is 0 Å². The van der Waals surface area contributed by atoms with Gasteiger partial charge in [-0.15, -0.1) is 5.10 Å². The van der Waals surface area contributed by atoms with E-state index >= 15 is 0 Å². The molecular weight excluding hydrogens is 316 g/mol. The predicted molar refractivity (Wildman–Crippen MR) is 94.6 cm³/mol. The summed E-state index contributed by atoms with van der Waals surface area (Å²) in [5, 5.41) is 7.11. The summed E-state index contributed by atoms with van der Waals surface area (Å²) in [6.07, 6.45) is 4.42. The molecule has 1 atom stereocenters. The highest BCUT2D eigenvalue weighted by molar-refractivity contribution is 5.90. The third kappa shape index (κ3) is 3.17. The lowest BCUT2D eigenvalue weighted by molar-refractivity contribution is 0.0938. The summed E-state index contributed by atoms with van der Waals surface area (Å²) < 4.78 is 1.50. The molecule has 1 aliphatic heterocycles. The molecule has 1 N–H and O–H groups in total. The van der Waals surface area contributed by atoms with Gasteiger partial charge in [0.15, 0.2) is 0 Å². The number of aromatic nitrogens is 4. The van der Waals surface area contributed by atoms with Crippen molar-refractivity contribution >= 4 is 17.4 Å². The monoisotopic (exact) mass is 336 g/mol. The number of rotatable bonds is 4. The van der Waals surface area contributed by atoms with Crippen LogP contribution in [0.15, 0.2) is 42.7 Å². The maximum absolute atomic E-state index is 12.3. The normalized spacial score (nSPS) is 17.2. The lowest BCUT2D eigenvalue weighted by atomic mass is 10.1. The number of carbonyl (C=O) groups is 1. The number of nitrogens with one attached hydrogen (secondary N) is 1. The summed E-state index contributed by atoms with van der Waals surface area (Å²) >= 11 is 0. The van der Waals surface area contributed by atoms with Gasteiger partial charge in [0.1, 0.15) is 0 Å². The molecule has 0 bridgehead atoms. The molecule has 0 spiro atoms. The molecule has 1 aromatic carbocycles. The Morgan fingerprint density at radius 3 is 3.04 bits per heavy atom. The first kappa shape index (κ1) is 15.6. The molecule has 2 aromatic heterocycles. The second-order valence-corrected chi connectivity index (χ2v) is 6.40. The molecule has 1 amide bonds. The summed E-state index contributed by atoms with van der Waals surface area (Å²) in [5.41, 5.74) is 2.57. The first-order chi connectivity index (χ1) is 12.2. The number of para-hydroxylation sites is 1. The second kappa shape index (κ2) is 6.51. The summed E-state index contributed by atoms with van der Waals surface area (Å²) in [7, 11) is 0. The highest BCUT2D eigenvalue weighted by atomic mass is 16.2. The molecule has 1 aliphatic rings. The third-order valence-corrected chi connectivity index (χ3v) is 4.61. The number of aryl methyl sites for hydroxylation is 1. The number of amides is 1. The predicted octanol–water partition coefficient (Wildman–Crippen LogP) is 1.69. The minimum atomic E-state index is -0.250. The molecule has 25 heavy (non-hydrogen) atoms. The van der Waals surface area contributed by atoms with E-state index in [1.807, 2.05) is 0 Å². The summed E-state index contributed by atoms with van der Waals surface area (Å²) in [5.74, 6) is 0.769. The van der Waals surface area contributed by atoms with Crippen LogP contribution in [0.25, 0.3) is 5.78 Å². The van der Waals surface area contributed by atoms with E-state index in [4.69, 9.17) is 0 Å². The molecule has 1 saturated heterocycles. The van der Waals surface area contributed by atoms with Gasteiger partial charge in [0.25, 0.3) is 11.7 Å². The molecule has 4 rings (SSSR count). The number of hydrogen-bond acceptors (Lipinski definition) is 5. The highest BCUT2D eigenvalue weighted by Crippen LogP contribution is 2.26. The van der Waals surface area contributed by atoms with Gasteiger partial charge in [0.05, 0.1) is 0 Å². The topological polar surface area (TPSA) is 75.4 Å². The molecule has 1 fully saturated rings. The van der Waals surface area contributed by atoms with Crippen LogP contribution in [0.5, 0.6) is 0 Å². The van der Waals surface area contributed by atoms with Crippen LogP contribution in [0.4, 0.5) is 5.69 Å². The Morgan fingerprint density at radius 2 is 2.20 bits per heavy atom. The van der Waals surface area contributed by atoms with Crippen molar-refractivity contribution < 1.29 is 4.79 Å². The zero-order chi connectivity index (χ0) is 17.2. The van der Waals surface area contributed by atoms with Crippen molar-refractivity contribution in [3.8, 4) is 0 Å². The van der Waals surface area contributed by atoms with Gasteiger partial charge in [-0.05, 0) is 37.0 Å². The van der Waals surface area contributed by atoms with E-state index in [2.05, 4.69) is 56.5 Å². The van der Waals surface area contributed by atoms with E-state index in [0.29, 0.717) is 18.2 Å². The van der Waals surface area contributed by atoms with Crippen molar-refractivity contribution in [3.63, 3.8) is 0 Å². The Labute approximate surface area is 145 Å². The van der Waals surface area contributed by atoms with Gasteiger partial charge < -0.3 is 10.2 Å². The number of nitrogens with zero attached hydrogens (tertiary/aromatic N) is 5. The first-order valence-electron chi connectivity index (χ1n) is 8.47. The molecule has 0 radical (unpaired) electrons. The lowest BCUT2D eigenvalue weighted by Gasteiger charge is -2.21. The van der Waals surface area contributed by atoms with Crippen molar-refractivity contribution in [1.29, 1.82) is 0 Å². The Morgan fingerprint density at radius 1 is 1.32 bits per heavy atom. The molecule has 128 valence electrons. The minimum absolute atomic E-state index is 0.160.